The fourth-order valence-electron chi connectivity index (χ4n) is 2.86. The van der Waals surface area contributed by atoms with Gasteiger partial charge in [0.25, 0.3) is 0 Å². The Hall–Kier alpha value is -2.44. The molecule has 7 heteroatoms. The van der Waals surface area contributed by atoms with Crippen LogP contribution in [0.3, 0.4) is 0 Å². The average molecular weight is 405 g/mol. The number of methoxy groups -OCH3 is 2. The van der Waals surface area contributed by atoms with Crippen molar-refractivity contribution in [3.63, 3.8) is 0 Å². The van der Waals surface area contributed by atoms with E-state index < -0.39 is 0 Å². The van der Waals surface area contributed by atoms with Crippen LogP contribution in [0.2, 0.25) is 5.02 Å². The topological polar surface area (TPSA) is 58.1 Å². The van der Waals surface area contributed by atoms with E-state index in [4.69, 9.17) is 21.1 Å². The van der Waals surface area contributed by atoms with Gasteiger partial charge in [-0.1, -0.05) is 29.8 Å². The minimum absolute atomic E-state index is 0.133. The van der Waals surface area contributed by atoms with Gasteiger partial charge in [0.05, 0.1) is 20.3 Å². The lowest BCUT2D eigenvalue weighted by molar-refractivity contribution is 0.295. The Balaban J connectivity index is 2.02. The van der Waals surface area contributed by atoms with Crippen LogP contribution < -0.4 is 20.1 Å². The Morgan fingerprint density at radius 3 is 2.29 bits per heavy atom. The second-order valence-electron chi connectivity index (χ2n) is 6.53. The molecule has 2 aromatic carbocycles. The summed E-state index contributed by atoms with van der Waals surface area (Å²) in [5.41, 5.74) is 2.26. The zero-order valence-corrected chi connectivity index (χ0v) is 17.9. The van der Waals surface area contributed by atoms with E-state index in [1.165, 1.54) is 0 Å². The van der Waals surface area contributed by atoms with Crippen LogP contribution in [0.15, 0.2) is 47.5 Å². The van der Waals surface area contributed by atoms with Crippen LogP contribution in [0.4, 0.5) is 0 Å². The summed E-state index contributed by atoms with van der Waals surface area (Å²) in [6, 6.07) is 13.9. The first-order valence-electron chi connectivity index (χ1n) is 9.05. The van der Waals surface area contributed by atoms with Crippen LogP contribution in [0.25, 0.3) is 0 Å². The van der Waals surface area contributed by atoms with Gasteiger partial charge in [-0.2, -0.15) is 0 Å². The number of nitrogens with one attached hydrogen (secondary N) is 2. The molecule has 152 valence electrons. The van der Waals surface area contributed by atoms with Crippen molar-refractivity contribution in [2.24, 2.45) is 4.99 Å². The van der Waals surface area contributed by atoms with Crippen LogP contribution in [0.5, 0.6) is 11.5 Å². The van der Waals surface area contributed by atoms with Crippen LogP contribution in [-0.4, -0.2) is 52.8 Å². The third-order valence-corrected chi connectivity index (χ3v) is 4.73. The number of guanidine groups is 1. The number of nitrogens with zero attached hydrogens (tertiary/aromatic N) is 2. The molecule has 0 saturated heterocycles. The summed E-state index contributed by atoms with van der Waals surface area (Å²) in [5.74, 6) is 2.18. The number of aliphatic imine (C=N–C) groups is 1. The molecule has 0 aromatic heterocycles. The van der Waals surface area contributed by atoms with Crippen LogP contribution in [-0.2, 0) is 6.54 Å². The molecule has 0 saturated carbocycles. The van der Waals surface area contributed by atoms with Crippen molar-refractivity contribution in [1.82, 2.24) is 15.5 Å². The molecule has 28 heavy (non-hydrogen) atoms. The second-order valence-corrected chi connectivity index (χ2v) is 6.96. The van der Waals surface area contributed by atoms with E-state index in [1.807, 2.05) is 50.5 Å². The van der Waals surface area contributed by atoms with E-state index in [9.17, 15) is 0 Å². The first-order chi connectivity index (χ1) is 13.5. The van der Waals surface area contributed by atoms with Gasteiger partial charge in [0.15, 0.2) is 17.5 Å². The van der Waals surface area contributed by atoms with Crippen molar-refractivity contribution in [3.05, 3.63) is 58.6 Å². The van der Waals surface area contributed by atoms with Gasteiger partial charge in [-0.15, -0.1) is 0 Å². The monoisotopic (exact) mass is 404 g/mol. The fourth-order valence-corrected chi connectivity index (χ4v) is 2.99. The number of ether oxygens (including phenoxy) is 2. The average Bonchev–Trinajstić information content (AvgIpc) is 2.71. The summed E-state index contributed by atoms with van der Waals surface area (Å²) < 4.78 is 10.8. The summed E-state index contributed by atoms with van der Waals surface area (Å²) in [6.07, 6.45) is 0. The largest absolute Gasteiger partial charge is 0.493 e. The van der Waals surface area contributed by atoms with E-state index >= 15 is 0 Å². The lowest BCUT2D eigenvalue weighted by Gasteiger charge is -2.26. The molecule has 2 rings (SSSR count). The number of halogens is 1. The molecule has 1 atom stereocenters. The minimum Gasteiger partial charge on any atom is -0.493 e. The zero-order chi connectivity index (χ0) is 20.5. The third-order valence-electron chi connectivity index (χ3n) is 4.48. The number of benzene rings is 2. The molecule has 0 aliphatic rings. The molecule has 0 bridgehead atoms. The molecule has 0 heterocycles. The van der Waals surface area contributed by atoms with Gasteiger partial charge in [0.2, 0.25) is 0 Å². The third kappa shape index (κ3) is 6.04. The van der Waals surface area contributed by atoms with Crippen molar-refractivity contribution in [2.75, 3.05) is 41.9 Å². The Morgan fingerprint density at radius 1 is 1.04 bits per heavy atom. The number of hydrogen-bond acceptors (Lipinski definition) is 4. The summed E-state index contributed by atoms with van der Waals surface area (Å²) in [6.45, 7) is 1.35. The molecule has 1 unspecified atom stereocenters. The Bertz CT molecular complexity index is 778. The van der Waals surface area contributed by atoms with Gasteiger partial charge in [-0.3, -0.25) is 4.99 Å². The highest BCUT2D eigenvalue weighted by Gasteiger charge is 2.17. The van der Waals surface area contributed by atoms with Gasteiger partial charge in [-0.25, -0.2) is 0 Å². The number of hydrogen-bond donors (Lipinski definition) is 2. The molecule has 0 amide bonds. The van der Waals surface area contributed by atoms with Crippen LogP contribution in [0.1, 0.15) is 17.2 Å². The molecule has 0 fully saturated rings. The van der Waals surface area contributed by atoms with Crippen molar-refractivity contribution < 1.29 is 9.47 Å². The van der Waals surface area contributed by atoms with Crippen molar-refractivity contribution in [2.45, 2.75) is 12.6 Å². The fraction of sp³-hybridized carbons (Fsp3) is 0.381. The number of rotatable bonds is 8. The van der Waals surface area contributed by atoms with E-state index in [2.05, 4.69) is 26.6 Å². The van der Waals surface area contributed by atoms with Gasteiger partial charge >= 0.3 is 0 Å². The standard InChI is InChI=1S/C21H29ClN4O2/c1-23-21(24-13-15-6-9-17(22)10-7-15)25-14-18(26(2)3)16-8-11-19(27-4)20(12-16)28-5/h6-12,18H,13-14H2,1-5H3,(H2,23,24,25). The van der Waals surface area contributed by atoms with Gasteiger partial charge in [0.1, 0.15) is 0 Å². The number of likely N-dealkylation sites (N-methyl/N-ethyl adjacent to an activating group) is 1. The normalized spacial score (nSPS) is 12.6. The SMILES string of the molecule is CN=C(NCc1ccc(Cl)cc1)NCC(c1ccc(OC)c(OC)c1)N(C)C. The second kappa shape index (κ2) is 10.8. The van der Waals surface area contributed by atoms with E-state index in [0.717, 1.165) is 33.6 Å². The molecular formula is C21H29ClN4O2. The van der Waals surface area contributed by atoms with E-state index in [0.29, 0.717) is 13.1 Å². The maximum Gasteiger partial charge on any atom is 0.191 e. The highest BCUT2D eigenvalue weighted by molar-refractivity contribution is 6.30. The van der Waals surface area contributed by atoms with Crippen LogP contribution >= 0.6 is 11.6 Å². The Labute approximate surface area is 172 Å². The lowest BCUT2D eigenvalue weighted by atomic mass is 10.1. The highest BCUT2D eigenvalue weighted by Crippen LogP contribution is 2.31. The van der Waals surface area contributed by atoms with Crippen molar-refractivity contribution >= 4 is 17.6 Å². The summed E-state index contributed by atoms with van der Waals surface area (Å²) >= 11 is 5.94. The van der Waals surface area contributed by atoms with Crippen molar-refractivity contribution in [1.29, 1.82) is 0 Å². The molecule has 0 radical (unpaired) electrons. The van der Waals surface area contributed by atoms with Gasteiger partial charge in [-0.05, 0) is 49.5 Å². The van der Waals surface area contributed by atoms with Crippen LogP contribution in [0, 0.1) is 0 Å². The predicted octanol–water partition coefficient (Wildman–Crippen LogP) is 3.33. The summed E-state index contributed by atoms with van der Waals surface area (Å²) in [4.78, 5) is 6.47. The lowest BCUT2D eigenvalue weighted by Crippen LogP contribution is -2.41. The van der Waals surface area contributed by atoms with Crippen molar-refractivity contribution in [3.8, 4) is 11.5 Å². The van der Waals surface area contributed by atoms with E-state index in [1.54, 1.807) is 21.3 Å². The maximum atomic E-state index is 5.94. The molecule has 6 nitrogen and oxygen atoms in total. The quantitative estimate of drug-likeness (QED) is 0.522. The summed E-state index contributed by atoms with van der Waals surface area (Å²) in [5, 5.41) is 7.45. The van der Waals surface area contributed by atoms with Gasteiger partial charge < -0.3 is 25.0 Å². The van der Waals surface area contributed by atoms with E-state index in [-0.39, 0.29) is 6.04 Å². The predicted molar refractivity (Wildman–Crippen MR) is 116 cm³/mol. The zero-order valence-electron chi connectivity index (χ0n) is 17.1. The molecule has 0 aliphatic carbocycles. The highest BCUT2D eigenvalue weighted by atomic mass is 35.5. The Morgan fingerprint density at radius 2 is 1.71 bits per heavy atom. The molecule has 0 aliphatic heterocycles. The maximum absolute atomic E-state index is 5.94. The first kappa shape index (κ1) is 21.9. The minimum atomic E-state index is 0.133. The first-order valence-corrected chi connectivity index (χ1v) is 9.43. The Kier molecular flexibility index (Phi) is 8.42. The molecule has 2 aromatic rings. The summed E-state index contributed by atoms with van der Waals surface area (Å²) in [7, 11) is 9.14. The molecular weight excluding hydrogens is 376 g/mol. The molecule has 0 spiro atoms. The van der Waals surface area contributed by atoms with Gasteiger partial charge in [0, 0.05) is 25.2 Å². The smallest absolute Gasteiger partial charge is 0.191 e. The molecule has 2 N–H and O–H groups in total.